The third kappa shape index (κ3) is 6.10. The summed E-state index contributed by atoms with van der Waals surface area (Å²) in [7, 11) is 7.14. The van der Waals surface area contributed by atoms with E-state index in [4.69, 9.17) is 9.47 Å². The maximum absolute atomic E-state index is 12.9. The number of hydrogen-bond donors (Lipinski definition) is 1. The average molecular weight is 549 g/mol. The van der Waals surface area contributed by atoms with Crippen LogP contribution in [0.4, 0.5) is 23.0 Å². The van der Waals surface area contributed by atoms with Gasteiger partial charge < -0.3 is 24.6 Å². The lowest BCUT2D eigenvalue weighted by atomic mass is 10.1. The lowest BCUT2D eigenvalue weighted by Crippen LogP contribution is -2.29. The van der Waals surface area contributed by atoms with Gasteiger partial charge in [-0.3, -0.25) is 10.1 Å². The molecule has 3 aromatic heterocycles. The Morgan fingerprint density at radius 2 is 1.95 bits per heavy atom. The number of nitro benzene ring substituents is 1. The van der Waals surface area contributed by atoms with E-state index < -0.39 is 10.9 Å². The predicted molar refractivity (Wildman–Crippen MR) is 152 cm³/mol. The number of aromatic nitrogens is 4. The Labute approximate surface area is 231 Å². The zero-order chi connectivity index (χ0) is 29.0. The number of likely N-dealkylation sites (N-methyl/N-ethyl adjacent to an activating group) is 2. The number of anilines is 3. The van der Waals surface area contributed by atoms with Crippen LogP contribution < -0.4 is 15.0 Å². The number of nitrogens with zero attached hydrogens (tertiary/aromatic N) is 7. The molecule has 0 saturated carbocycles. The second-order valence-electron chi connectivity index (χ2n) is 9.65. The Kier molecular flexibility index (Phi) is 8.43. The summed E-state index contributed by atoms with van der Waals surface area (Å²) in [5.74, 6) is -0.111. The van der Waals surface area contributed by atoms with Crippen LogP contribution in [0.15, 0.2) is 48.9 Å². The fraction of sp³-hybridized carbons (Fsp3) is 0.333. The van der Waals surface area contributed by atoms with E-state index in [0.29, 0.717) is 41.5 Å². The average Bonchev–Trinajstić information content (AvgIpc) is 3.35. The molecule has 0 bridgehead atoms. The van der Waals surface area contributed by atoms with Crippen molar-refractivity contribution in [2.45, 2.75) is 20.0 Å². The molecule has 0 spiro atoms. The van der Waals surface area contributed by atoms with Crippen molar-refractivity contribution in [2.75, 3.05) is 51.6 Å². The quantitative estimate of drug-likeness (QED) is 0.165. The van der Waals surface area contributed by atoms with Gasteiger partial charge in [-0.05, 0) is 40.1 Å². The Balaban J connectivity index is 1.78. The Hall–Kier alpha value is -4.78. The zero-order valence-corrected chi connectivity index (χ0v) is 23.3. The number of carbonyl (C=O) groups excluding carboxylic acids is 1. The smallest absolute Gasteiger partial charge is 0.342 e. The molecule has 0 atom stereocenters. The number of hydrogen-bond acceptors (Lipinski definition) is 11. The molecule has 0 unspecified atom stereocenters. The lowest BCUT2D eigenvalue weighted by molar-refractivity contribution is -0.384. The van der Waals surface area contributed by atoms with Gasteiger partial charge in [-0.25, -0.2) is 19.3 Å². The summed E-state index contributed by atoms with van der Waals surface area (Å²) in [6, 6.07) is 8.54. The van der Waals surface area contributed by atoms with Crippen molar-refractivity contribution in [3.63, 3.8) is 0 Å². The highest BCUT2D eigenvalue weighted by Gasteiger charge is 2.24. The normalized spacial score (nSPS) is 11.2. The molecule has 1 aromatic carbocycles. The molecule has 13 nitrogen and oxygen atoms in total. The summed E-state index contributed by atoms with van der Waals surface area (Å²) in [4.78, 5) is 37.3. The van der Waals surface area contributed by atoms with Crippen LogP contribution in [-0.2, 0) is 4.74 Å². The van der Waals surface area contributed by atoms with Gasteiger partial charge >= 0.3 is 5.97 Å². The maximum atomic E-state index is 12.9. The van der Waals surface area contributed by atoms with Gasteiger partial charge in [-0.15, -0.1) is 0 Å². The second-order valence-corrected chi connectivity index (χ2v) is 9.65. The summed E-state index contributed by atoms with van der Waals surface area (Å²) < 4.78 is 12.7. The number of pyridine rings is 1. The van der Waals surface area contributed by atoms with Gasteiger partial charge in [0.1, 0.15) is 17.0 Å². The summed E-state index contributed by atoms with van der Waals surface area (Å²) in [5.41, 5.74) is 2.38. The SMILES string of the molecule is COc1cc(N(C)CCN(C)C)c([N+](=O)[O-])cc1Nc1ncc(C(=O)OC(C)C)c(-c2cnn3ccccc23)n1. The maximum Gasteiger partial charge on any atom is 0.342 e. The van der Waals surface area contributed by atoms with Crippen LogP contribution in [0.25, 0.3) is 16.8 Å². The first-order valence-corrected chi connectivity index (χ1v) is 12.6. The number of benzene rings is 1. The van der Waals surface area contributed by atoms with Crippen molar-refractivity contribution < 1.29 is 19.2 Å². The third-order valence-corrected chi connectivity index (χ3v) is 6.07. The highest BCUT2D eigenvalue weighted by Crippen LogP contribution is 2.39. The molecule has 0 radical (unpaired) electrons. The van der Waals surface area contributed by atoms with Gasteiger partial charge in [0.25, 0.3) is 5.69 Å². The standard InChI is InChI=1S/C27H32N8O5/c1-17(2)40-26(36)19-15-28-27(31-25(19)18-16-29-34-10-8-7-9-21(18)34)30-20-13-23(35(37)38)22(14-24(20)39-6)33(5)12-11-32(3)4/h7-10,13-17H,11-12H2,1-6H3,(H,28,30,31). The lowest BCUT2D eigenvalue weighted by Gasteiger charge is -2.22. The van der Waals surface area contributed by atoms with Crippen LogP contribution in [-0.4, -0.2) is 82.8 Å². The summed E-state index contributed by atoms with van der Waals surface area (Å²) in [5, 5.41) is 19.4. The zero-order valence-electron chi connectivity index (χ0n) is 23.3. The number of fused-ring (bicyclic) bond motifs is 1. The molecule has 4 rings (SSSR count). The summed E-state index contributed by atoms with van der Waals surface area (Å²) in [6.45, 7) is 4.79. The van der Waals surface area contributed by atoms with Crippen molar-refractivity contribution in [3.05, 3.63) is 64.6 Å². The molecule has 0 saturated heterocycles. The first-order valence-electron chi connectivity index (χ1n) is 12.6. The molecule has 3 heterocycles. The molecule has 210 valence electrons. The van der Waals surface area contributed by atoms with Crippen LogP contribution in [0.5, 0.6) is 5.75 Å². The van der Waals surface area contributed by atoms with Crippen molar-refractivity contribution in [1.29, 1.82) is 0 Å². The number of nitro groups is 1. The van der Waals surface area contributed by atoms with Gasteiger partial charge in [0, 0.05) is 50.2 Å². The Morgan fingerprint density at radius 1 is 1.18 bits per heavy atom. The second kappa shape index (κ2) is 11.9. The first kappa shape index (κ1) is 28.2. The van der Waals surface area contributed by atoms with Gasteiger partial charge in [-0.2, -0.15) is 5.10 Å². The van der Waals surface area contributed by atoms with Gasteiger partial charge in [0.05, 0.1) is 41.2 Å². The first-order chi connectivity index (χ1) is 19.1. The highest BCUT2D eigenvalue weighted by atomic mass is 16.6. The molecule has 13 heteroatoms. The van der Waals surface area contributed by atoms with E-state index in [9.17, 15) is 14.9 Å². The van der Waals surface area contributed by atoms with E-state index in [1.54, 1.807) is 48.8 Å². The number of ether oxygens (including phenoxy) is 2. The number of carbonyl (C=O) groups is 1. The van der Waals surface area contributed by atoms with Crippen molar-refractivity contribution in [2.24, 2.45) is 0 Å². The molecule has 1 N–H and O–H groups in total. The van der Waals surface area contributed by atoms with Crippen molar-refractivity contribution >= 4 is 34.5 Å². The fourth-order valence-electron chi connectivity index (χ4n) is 4.06. The fourth-order valence-corrected chi connectivity index (χ4v) is 4.06. The van der Waals surface area contributed by atoms with E-state index in [0.717, 1.165) is 5.52 Å². The molecule has 0 fully saturated rings. The molecular weight excluding hydrogens is 516 g/mol. The van der Waals surface area contributed by atoms with Gasteiger partial charge in [0.2, 0.25) is 5.95 Å². The minimum Gasteiger partial charge on any atom is -0.494 e. The Bertz CT molecular complexity index is 1530. The minimum atomic E-state index is -0.579. The molecular formula is C27H32N8O5. The van der Waals surface area contributed by atoms with E-state index in [1.165, 1.54) is 19.4 Å². The molecule has 0 aliphatic rings. The number of rotatable bonds is 11. The van der Waals surface area contributed by atoms with E-state index in [2.05, 4.69) is 20.4 Å². The number of esters is 1. The monoisotopic (exact) mass is 548 g/mol. The highest BCUT2D eigenvalue weighted by molar-refractivity contribution is 5.98. The van der Waals surface area contributed by atoms with E-state index in [-0.39, 0.29) is 23.3 Å². The third-order valence-electron chi connectivity index (χ3n) is 6.07. The number of methoxy groups -OCH3 is 1. The van der Waals surface area contributed by atoms with Gasteiger partial charge in [0.15, 0.2) is 0 Å². The topological polar surface area (TPSA) is 140 Å². The largest absolute Gasteiger partial charge is 0.494 e. The minimum absolute atomic E-state index is 0.104. The predicted octanol–water partition coefficient (Wildman–Crippen LogP) is 4.01. The number of nitrogens with one attached hydrogen (secondary N) is 1. The van der Waals surface area contributed by atoms with Crippen LogP contribution >= 0.6 is 0 Å². The van der Waals surface area contributed by atoms with E-state index in [1.807, 2.05) is 37.2 Å². The van der Waals surface area contributed by atoms with Crippen LogP contribution in [0.1, 0.15) is 24.2 Å². The van der Waals surface area contributed by atoms with Crippen LogP contribution in [0.2, 0.25) is 0 Å². The summed E-state index contributed by atoms with van der Waals surface area (Å²) >= 11 is 0. The molecule has 0 amide bonds. The summed E-state index contributed by atoms with van der Waals surface area (Å²) in [6.07, 6.45) is 4.41. The van der Waals surface area contributed by atoms with Crippen LogP contribution in [0, 0.1) is 10.1 Å². The molecule has 0 aliphatic carbocycles. The molecule has 4 aromatic rings. The van der Waals surface area contributed by atoms with Crippen LogP contribution in [0.3, 0.4) is 0 Å². The molecule has 40 heavy (non-hydrogen) atoms. The van der Waals surface area contributed by atoms with Crippen molar-refractivity contribution in [3.8, 4) is 17.0 Å². The molecule has 0 aliphatic heterocycles. The Morgan fingerprint density at radius 3 is 2.62 bits per heavy atom. The van der Waals surface area contributed by atoms with Crippen molar-refractivity contribution in [1.82, 2.24) is 24.5 Å². The van der Waals surface area contributed by atoms with Gasteiger partial charge in [-0.1, -0.05) is 6.07 Å². The van der Waals surface area contributed by atoms with E-state index >= 15 is 0 Å².